The molecule has 5 rings (SSSR count). The van der Waals surface area contributed by atoms with Crippen molar-refractivity contribution in [2.75, 3.05) is 44.2 Å². The van der Waals surface area contributed by atoms with Crippen LogP contribution in [-0.4, -0.2) is 85.4 Å². The van der Waals surface area contributed by atoms with Gasteiger partial charge in [-0.15, -0.1) is 0 Å². The normalized spacial score (nSPS) is 22.0. The number of nitrogens with zero attached hydrogens (tertiary/aromatic N) is 5. The maximum absolute atomic E-state index is 13.0. The van der Waals surface area contributed by atoms with Gasteiger partial charge in [0, 0.05) is 51.0 Å². The van der Waals surface area contributed by atoms with Gasteiger partial charge in [0.25, 0.3) is 0 Å². The van der Waals surface area contributed by atoms with E-state index in [0.29, 0.717) is 54.0 Å². The maximum atomic E-state index is 13.0. The highest BCUT2D eigenvalue weighted by Gasteiger charge is 2.52. The van der Waals surface area contributed by atoms with E-state index in [1.165, 1.54) is 6.33 Å². The fourth-order valence-electron chi connectivity index (χ4n) is 5.50. The molecule has 2 saturated heterocycles. The lowest BCUT2D eigenvalue weighted by atomic mass is 10.0. The Kier molecular flexibility index (Phi) is 11.2. The third-order valence-electron chi connectivity index (χ3n) is 7.58. The fourth-order valence-corrected chi connectivity index (χ4v) is 8.40. The van der Waals surface area contributed by atoms with Crippen molar-refractivity contribution in [2.24, 2.45) is 0 Å². The van der Waals surface area contributed by atoms with Crippen LogP contribution in [0.1, 0.15) is 49.7 Å². The Balaban J connectivity index is 0.000000714. The van der Waals surface area contributed by atoms with Crippen molar-refractivity contribution in [2.45, 2.75) is 68.9 Å². The molecule has 0 amide bonds. The Bertz CT molecular complexity index is 1320. The van der Waals surface area contributed by atoms with E-state index >= 15 is 0 Å². The minimum absolute atomic E-state index is 0.00313. The van der Waals surface area contributed by atoms with Gasteiger partial charge in [0.05, 0.1) is 46.4 Å². The number of ether oxygens (including phenoxy) is 3. The van der Waals surface area contributed by atoms with Crippen LogP contribution < -0.4 is 9.64 Å². The highest BCUT2D eigenvalue weighted by Crippen LogP contribution is 2.44. The van der Waals surface area contributed by atoms with Crippen LogP contribution in [-0.2, 0) is 19.5 Å². The van der Waals surface area contributed by atoms with Crippen LogP contribution in [0, 0.1) is 18.3 Å². The highest BCUT2D eigenvalue weighted by atomic mass is 79.9. The van der Waals surface area contributed by atoms with Crippen LogP contribution in [0.5, 0.6) is 5.88 Å². The third kappa shape index (κ3) is 7.50. The quantitative estimate of drug-likeness (QED) is 0.305. The zero-order chi connectivity index (χ0) is 29.6. The van der Waals surface area contributed by atoms with E-state index in [9.17, 15) is 13.7 Å². The van der Waals surface area contributed by atoms with Crippen LogP contribution in [0.4, 0.5) is 11.5 Å². The zero-order valence-electron chi connectivity index (χ0n) is 23.6. The lowest BCUT2D eigenvalue weighted by Gasteiger charge is -2.38. The van der Waals surface area contributed by atoms with E-state index in [1.807, 2.05) is 11.8 Å². The summed E-state index contributed by atoms with van der Waals surface area (Å²) >= 11 is 9.72. The molecule has 224 valence electrons. The Morgan fingerprint density at radius 1 is 1.12 bits per heavy atom. The first-order chi connectivity index (χ1) is 19.7. The number of hydrogen-bond donors (Lipinski definition) is 0. The molecule has 1 aliphatic carbocycles. The van der Waals surface area contributed by atoms with Gasteiger partial charge in [-0.3, -0.25) is 0 Å². The van der Waals surface area contributed by atoms with Gasteiger partial charge >= 0.3 is 0 Å². The molecule has 0 N–H and O–H groups in total. The largest absolute Gasteiger partial charge is 0.474 e. The predicted octanol–water partition coefficient (Wildman–Crippen LogP) is 4.99. The molecule has 1 aromatic heterocycles. The maximum Gasteiger partial charge on any atom is 0.221 e. The van der Waals surface area contributed by atoms with Gasteiger partial charge in [-0.25, -0.2) is 18.4 Å². The Morgan fingerprint density at radius 3 is 2.34 bits per heavy atom. The first-order valence-electron chi connectivity index (χ1n) is 13.8. The smallest absolute Gasteiger partial charge is 0.221 e. The van der Waals surface area contributed by atoms with Gasteiger partial charge in [-0.2, -0.15) is 9.57 Å². The number of halogens is 2. The number of fused-ring (bicyclic) bond motifs is 2. The monoisotopic (exact) mass is 669 g/mol. The fraction of sp³-hybridized carbons (Fsp3) is 0.607. The highest BCUT2D eigenvalue weighted by molar-refractivity contribution is 9.09. The summed E-state index contributed by atoms with van der Waals surface area (Å²) in [5.74, 6) is 1.12. The van der Waals surface area contributed by atoms with Gasteiger partial charge in [-0.05, 0) is 50.8 Å². The number of methoxy groups -OCH3 is 2. The Morgan fingerprint density at radius 2 is 1.80 bits per heavy atom. The van der Waals surface area contributed by atoms with Crippen LogP contribution in [0.2, 0.25) is 5.02 Å². The first kappa shape index (κ1) is 31.9. The SMILES string of the molecule is COCCBr.COCCN(c1ccc(C#N)cc1Cl)c1ncnc(OC2CC3CCC(C2)N3S(=O)(=O)C2CC2)c1C. The van der Waals surface area contributed by atoms with Crippen molar-refractivity contribution >= 4 is 49.1 Å². The van der Waals surface area contributed by atoms with E-state index in [-0.39, 0.29) is 23.4 Å². The van der Waals surface area contributed by atoms with Crippen molar-refractivity contribution in [3.63, 3.8) is 0 Å². The Labute approximate surface area is 256 Å². The summed E-state index contributed by atoms with van der Waals surface area (Å²) in [6.07, 6.45) is 6.01. The lowest BCUT2D eigenvalue weighted by molar-refractivity contribution is 0.0910. The molecule has 2 bridgehead atoms. The standard InChI is InChI=1S/C25H30ClN5O4S.C3H7BrO/c1-16-24(30(9-10-34-2)23-8-3-17(14-27)11-22(23)26)28-15-29-25(16)35-20-12-18-4-5-19(13-20)31(18)36(32,33)21-6-7-21;1-5-3-2-4/h3,8,11,15,18-21H,4-7,9-10,12-13H2,1-2H3;2-3H2,1H3. The lowest BCUT2D eigenvalue weighted by Crippen LogP contribution is -2.50. The number of nitriles is 1. The molecule has 1 aromatic carbocycles. The number of rotatable bonds is 11. The average Bonchev–Trinajstić information content (AvgIpc) is 3.77. The van der Waals surface area contributed by atoms with E-state index in [0.717, 1.165) is 43.2 Å². The minimum Gasteiger partial charge on any atom is -0.474 e. The van der Waals surface area contributed by atoms with Crippen LogP contribution in [0.3, 0.4) is 0 Å². The van der Waals surface area contributed by atoms with Crippen LogP contribution in [0.25, 0.3) is 0 Å². The van der Waals surface area contributed by atoms with Crippen molar-refractivity contribution < 1.29 is 22.6 Å². The molecule has 3 aliphatic rings. The van der Waals surface area contributed by atoms with Gasteiger partial charge in [-0.1, -0.05) is 27.5 Å². The van der Waals surface area contributed by atoms with Gasteiger partial charge in [0.15, 0.2) is 0 Å². The van der Waals surface area contributed by atoms with Crippen molar-refractivity contribution in [3.05, 3.63) is 40.7 Å². The van der Waals surface area contributed by atoms with E-state index in [2.05, 4.69) is 36.7 Å². The number of piperidine rings is 1. The van der Waals surface area contributed by atoms with Gasteiger partial charge < -0.3 is 19.1 Å². The number of hydrogen-bond acceptors (Lipinski definition) is 9. The molecule has 2 atom stereocenters. The molecule has 3 heterocycles. The molecule has 2 unspecified atom stereocenters. The summed E-state index contributed by atoms with van der Waals surface area (Å²) < 4.78 is 44.1. The summed E-state index contributed by atoms with van der Waals surface area (Å²) in [5.41, 5.74) is 1.94. The molecule has 2 aliphatic heterocycles. The van der Waals surface area contributed by atoms with E-state index < -0.39 is 10.0 Å². The molecule has 10 nitrogen and oxygen atoms in total. The van der Waals surface area contributed by atoms with E-state index in [4.69, 9.17) is 21.1 Å². The summed E-state index contributed by atoms with van der Waals surface area (Å²) in [6.45, 7) is 3.64. The van der Waals surface area contributed by atoms with Crippen LogP contribution in [0.15, 0.2) is 24.5 Å². The summed E-state index contributed by atoms with van der Waals surface area (Å²) in [5, 5.41) is 10.4. The van der Waals surface area contributed by atoms with Gasteiger partial charge in [0.1, 0.15) is 18.2 Å². The number of sulfonamides is 1. The average molecular weight is 671 g/mol. The first-order valence-corrected chi connectivity index (χ1v) is 16.8. The van der Waals surface area contributed by atoms with Crippen molar-refractivity contribution in [1.82, 2.24) is 14.3 Å². The molecule has 0 spiro atoms. The number of anilines is 2. The zero-order valence-corrected chi connectivity index (χ0v) is 26.8. The third-order valence-corrected chi connectivity index (χ3v) is 10.7. The van der Waals surface area contributed by atoms with E-state index in [1.54, 1.807) is 36.7 Å². The molecule has 41 heavy (non-hydrogen) atoms. The topological polar surface area (TPSA) is 118 Å². The molecule has 3 fully saturated rings. The van der Waals surface area contributed by atoms with Crippen molar-refractivity contribution in [3.8, 4) is 11.9 Å². The van der Waals surface area contributed by atoms with Gasteiger partial charge in [0.2, 0.25) is 15.9 Å². The second-order valence-corrected chi connectivity index (χ2v) is 13.7. The Hall–Kier alpha value is -2.01. The van der Waals surface area contributed by atoms with Crippen molar-refractivity contribution in [1.29, 1.82) is 5.26 Å². The summed E-state index contributed by atoms with van der Waals surface area (Å²) in [4.78, 5) is 10.9. The number of benzene rings is 1. The molecule has 13 heteroatoms. The number of aromatic nitrogens is 2. The minimum atomic E-state index is -3.19. The van der Waals surface area contributed by atoms with Crippen LogP contribution >= 0.6 is 27.5 Å². The summed E-state index contributed by atoms with van der Waals surface area (Å²) in [7, 11) is 0.116. The second-order valence-electron chi connectivity index (χ2n) is 10.4. The molecule has 1 saturated carbocycles. The summed E-state index contributed by atoms with van der Waals surface area (Å²) in [6, 6.07) is 7.24. The molecule has 0 radical (unpaired) electrons. The molecule has 2 aromatic rings. The molecular formula is C28H37BrClN5O5S. The molecular weight excluding hydrogens is 634 g/mol. The number of alkyl halides is 1. The predicted molar refractivity (Wildman–Crippen MR) is 162 cm³/mol. The second kappa shape index (κ2) is 14.4.